The fraction of sp³-hybridized carbons (Fsp3) is 0.333. The van der Waals surface area contributed by atoms with E-state index in [4.69, 9.17) is 15.2 Å². The maximum absolute atomic E-state index is 5.90. The van der Waals surface area contributed by atoms with Crippen LogP contribution in [0.3, 0.4) is 0 Å². The Labute approximate surface area is 125 Å². The van der Waals surface area contributed by atoms with E-state index in [1.54, 1.807) is 14.2 Å². The monoisotopic (exact) mass is 283 g/mol. The van der Waals surface area contributed by atoms with E-state index >= 15 is 0 Å². The second-order valence-corrected chi connectivity index (χ2v) is 5.51. The molecule has 2 aromatic rings. The quantitative estimate of drug-likeness (QED) is 0.938. The van der Waals surface area contributed by atoms with Gasteiger partial charge in [0.1, 0.15) is 11.5 Å². The third-order valence-corrected chi connectivity index (χ3v) is 4.37. The number of nitrogens with two attached hydrogens (primary N) is 1. The number of hydrogen-bond acceptors (Lipinski definition) is 3. The molecule has 3 heteroatoms. The zero-order valence-corrected chi connectivity index (χ0v) is 12.6. The molecule has 1 unspecified atom stereocenters. The first kappa shape index (κ1) is 14.0. The fourth-order valence-corrected chi connectivity index (χ4v) is 3.21. The smallest absolute Gasteiger partial charge is 0.119 e. The van der Waals surface area contributed by atoms with Crippen molar-refractivity contribution in [1.82, 2.24) is 0 Å². The minimum Gasteiger partial charge on any atom is -0.497 e. The van der Waals surface area contributed by atoms with Crippen molar-refractivity contribution in [1.29, 1.82) is 0 Å². The minimum absolute atomic E-state index is 0.517. The van der Waals surface area contributed by atoms with Gasteiger partial charge in [-0.2, -0.15) is 0 Å². The Bertz CT molecular complexity index is 634. The van der Waals surface area contributed by atoms with Gasteiger partial charge < -0.3 is 15.2 Å². The Morgan fingerprint density at radius 3 is 2.33 bits per heavy atom. The maximum atomic E-state index is 5.90. The summed E-state index contributed by atoms with van der Waals surface area (Å²) in [6.07, 6.45) is 2.10. The Kier molecular flexibility index (Phi) is 3.84. The summed E-state index contributed by atoms with van der Waals surface area (Å²) in [4.78, 5) is 0. The van der Waals surface area contributed by atoms with Gasteiger partial charge in [-0.05, 0) is 65.3 Å². The van der Waals surface area contributed by atoms with Crippen molar-refractivity contribution >= 4 is 0 Å². The van der Waals surface area contributed by atoms with Crippen molar-refractivity contribution < 1.29 is 9.47 Å². The van der Waals surface area contributed by atoms with E-state index in [0.29, 0.717) is 12.5 Å². The summed E-state index contributed by atoms with van der Waals surface area (Å²) in [7, 11) is 3.40. The highest BCUT2D eigenvalue weighted by atomic mass is 16.5. The van der Waals surface area contributed by atoms with Gasteiger partial charge in [0, 0.05) is 6.54 Å². The lowest BCUT2D eigenvalue weighted by Gasteiger charge is -2.10. The van der Waals surface area contributed by atoms with Gasteiger partial charge in [-0.25, -0.2) is 0 Å². The molecule has 0 bridgehead atoms. The summed E-state index contributed by atoms with van der Waals surface area (Å²) in [6, 6.07) is 12.6. The summed E-state index contributed by atoms with van der Waals surface area (Å²) in [5.74, 6) is 2.33. The van der Waals surface area contributed by atoms with Crippen LogP contribution in [0.5, 0.6) is 11.5 Å². The first-order valence-electron chi connectivity index (χ1n) is 7.27. The zero-order chi connectivity index (χ0) is 14.8. The summed E-state index contributed by atoms with van der Waals surface area (Å²) < 4.78 is 10.6. The molecule has 0 saturated heterocycles. The molecule has 110 valence electrons. The molecule has 1 atom stereocenters. The number of fused-ring (bicyclic) bond motifs is 1. The molecule has 3 rings (SSSR count). The van der Waals surface area contributed by atoms with Crippen molar-refractivity contribution in [3.8, 4) is 11.5 Å². The molecular formula is C18H21NO2. The Morgan fingerprint density at radius 1 is 1.00 bits per heavy atom. The molecule has 1 aliphatic carbocycles. The molecule has 0 radical (unpaired) electrons. The van der Waals surface area contributed by atoms with E-state index in [0.717, 1.165) is 24.3 Å². The lowest BCUT2D eigenvalue weighted by atomic mass is 9.96. The zero-order valence-electron chi connectivity index (χ0n) is 12.6. The summed E-state index contributed by atoms with van der Waals surface area (Å²) in [6.45, 7) is 0.564. The second-order valence-electron chi connectivity index (χ2n) is 5.51. The number of methoxy groups -OCH3 is 2. The highest BCUT2D eigenvalue weighted by Gasteiger charge is 2.25. The van der Waals surface area contributed by atoms with Crippen LogP contribution in [-0.2, 0) is 19.4 Å². The molecule has 0 aliphatic heterocycles. The largest absolute Gasteiger partial charge is 0.497 e. The molecule has 0 spiro atoms. The van der Waals surface area contributed by atoms with Gasteiger partial charge in [-0.1, -0.05) is 12.1 Å². The fourth-order valence-electron chi connectivity index (χ4n) is 3.21. The molecule has 2 aromatic carbocycles. The predicted octanol–water partition coefficient (Wildman–Crippen LogP) is 3.04. The van der Waals surface area contributed by atoms with Gasteiger partial charge in [0.2, 0.25) is 0 Å². The average Bonchev–Trinajstić information content (AvgIpc) is 2.97. The molecule has 0 aromatic heterocycles. The molecule has 1 aliphatic rings. The highest BCUT2D eigenvalue weighted by Crippen LogP contribution is 2.38. The lowest BCUT2D eigenvalue weighted by Crippen LogP contribution is -2.03. The molecule has 0 amide bonds. The second kappa shape index (κ2) is 5.78. The normalized spacial score (nSPS) is 16.6. The lowest BCUT2D eigenvalue weighted by molar-refractivity contribution is 0.413. The van der Waals surface area contributed by atoms with E-state index in [1.165, 1.54) is 22.3 Å². The topological polar surface area (TPSA) is 44.5 Å². The van der Waals surface area contributed by atoms with Crippen LogP contribution in [0, 0.1) is 0 Å². The molecule has 21 heavy (non-hydrogen) atoms. The van der Waals surface area contributed by atoms with Crippen LogP contribution in [0.15, 0.2) is 36.4 Å². The first-order valence-corrected chi connectivity index (χ1v) is 7.27. The summed E-state index contributed by atoms with van der Waals surface area (Å²) in [5.41, 5.74) is 11.2. The van der Waals surface area contributed by atoms with Crippen molar-refractivity contribution in [2.45, 2.75) is 25.3 Å². The van der Waals surface area contributed by atoms with Gasteiger partial charge in [0.05, 0.1) is 14.2 Å². The van der Waals surface area contributed by atoms with Crippen LogP contribution in [0.1, 0.15) is 28.2 Å². The van der Waals surface area contributed by atoms with Gasteiger partial charge in [-0.3, -0.25) is 0 Å². The van der Waals surface area contributed by atoms with E-state index in [2.05, 4.69) is 24.3 Å². The summed E-state index contributed by atoms with van der Waals surface area (Å²) in [5, 5.41) is 0. The number of benzene rings is 2. The highest BCUT2D eigenvalue weighted by molar-refractivity contribution is 5.48. The Hall–Kier alpha value is -2.00. The molecule has 0 heterocycles. The van der Waals surface area contributed by atoms with Crippen molar-refractivity contribution in [3.05, 3.63) is 58.7 Å². The maximum Gasteiger partial charge on any atom is 0.119 e. The van der Waals surface area contributed by atoms with Crippen molar-refractivity contribution in [3.63, 3.8) is 0 Å². The predicted molar refractivity (Wildman–Crippen MR) is 84.0 cm³/mol. The van der Waals surface area contributed by atoms with Crippen molar-refractivity contribution in [2.24, 2.45) is 5.73 Å². The minimum atomic E-state index is 0.517. The number of hydrogen-bond donors (Lipinski definition) is 1. The van der Waals surface area contributed by atoms with Crippen LogP contribution in [0.2, 0.25) is 0 Å². The van der Waals surface area contributed by atoms with Crippen molar-refractivity contribution in [2.75, 3.05) is 14.2 Å². The molecule has 2 N–H and O–H groups in total. The SMILES string of the molecule is COc1ccc(C2Cc3cc(OC)cc(CN)c3C2)cc1. The van der Waals surface area contributed by atoms with Gasteiger partial charge in [0.15, 0.2) is 0 Å². The number of rotatable bonds is 4. The van der Waals surface area contributed by atoms with E-state index < -0.39 is 0 Å². The van der Waals surface area contributed by atoms with Crippen LogP contribution in [0.25, 0.3) is 0 Å². The van der Waals surface area contributed by atoms with Crippen LogP contribution >= 0.6 is 0 Å². The standard InChI is InChI=1S/C18H21NO2/c1-20-16-5-3-12(4-6-16)13-7-14-8-17(21-2)9-15(11-19)18(14)10-13/h3-6,8-9,13H,7,10-11,19H2,1-2H3. The molecule has 3 nitrogen and oxygen atoms in total. The number of ether oxygens (including phenoxy) is 2. The van der Waals surface area contributed by atoms with E-state index in [1.807, 2.05) is 12.1 Å². The van der Waals surface area contributed by atoms with Crippen LogP contribution in [-0.4, -0.2) is 14.2 Å². The molecule has 0 saturated carbocycles. The molecule has 0 fully saturated rings. The summed E-state index contributed by atoms with van der Waals surface area (Å²) >= 11 is 0. The van der Waals surface area contributed by atoms with E-state index in [-0.39, 0.29) is 0 Å². The Morgan fingerprint density at radius 2 is 1.71 bits per heavy atom. The third kappa shape index (κ3) is 2.61. The van der Waals surface area contributed by atoms with Crippen LogP contribution in [0.4, 0.5) is 0 Å². The van der Waals surface area contributed by atoms with Gasteiger partial charge in [0.25, 0.3) is 0 Å². The third-order valence-electron chi connectivity index (χ3n) is 4.37. The first-order chi connectivity index (χ1) is 10.2. The van der Waals surface area contributed by atoms with Gasteiger partial charge in [-0.15, -0.1) is 0 Å². The van der Waals surface area contributed by atoms with Crippen LogP contribution < -0.4 is 15.2 Å². The van der Waals surface area contributed by atoms with E-state index in [9.17, 15) is 0 Å². The Balaban J connectivity index is 1.89. The van der Waals surface area contributed by atoms with Gasteiger partial charge >= 0.3 is 0 Å². The average molecular weight is 283 g/mol. The molecular weight excluding hydrogens is 262 g/mol.